The molecular weight excluding hydrogens is 259 g/mol. The summed E-state index contributed by atoms with van der Waals surface area (Å²) in [7, 11) is 0. The number of hydrogen-bond donors (Lipinski definition) is 0. The lowest BCUT2D eigenvalue weighted by Gasteiger charge is -2.08. The Morgan fingerprint density at radius 3 is 2.80 bits per heavy atom. The SMILES string of the molecule is CC.CC(=O)OCc1cncn1Cc1cccc(F)c1. The molecule has 0 bridgehead atoms. The monoisotopic (exact) mass is 278 g/mol. The van der Waals surface area contributed by atoms with E-state index in [0.717, 1.165) is 11.3 Å². The van der Waals surface area contributed by atoms with E-state index >= 15 is 0 Å². The van der Waals surface area contributed by atoms with Gasteiger partial charge < -0.3 is 9.30 Å². The predicted octanol–water partition coefficient (Wildman–Crippen LogP) is 3.16. The number of benzene rings is 1. The van der Waals surface area contributed by atoms with Crippen LogP contribution in [0.2, 0.25) is 0 Å². The van der Waals surface area contributed by atoms with Crippen LogP contribution in [0.15, 0.2) is 36.8 Å². The predicted molar refractivity (Wildman–Crippen MR) is 74.5 cm³/mol. The van der Waals surface area contributed by atoms with Gasteiger partial charge in [0, 0.05) is 13.5 Å². The van der Waals surface area contributed by atoms with Crippen LogP contribution in [0.1, 0.15) is 32.0 Å². The number of carbonyl (C=O) groups excluding carboxylic acids is 1. The molecule has 0 unspecified atom stereocenters. The molecule has 0 aliphatic carbocycles. The number of halogens is 1. The van der Waals surface area contributed by atoms with Crippen LogP contribution >= 0.6 is 0 Å². The van der Waals surface area contributed by atoms with Gasteiger partial charge in [-0.05, 0) is 17.7 Å². The standard InChI is InChI=1S/C13H13FN2O2.C2H6/c1-10(17)18-8-13-6-15-9-16(13)7-11-3-2-4-12(14)5-11;1-2/h2-6,9H,7-8H2,1H3;1-2H3. The van der Waals surface area contributed by atoms with Crippen molar-refractivity contribution in [1.29, 1.82) is 0 Å². The second kappa shape index (κ2) is 8.09. The molecule has 108 valence electrons. The molecule has 1 aromatic carbocycles. The van der Waals surface area contributed by atoms with Gasteiger partial charge in [0.15, 0.2) is 0 Å². The molecule has 0 N–H and O–H groups in total. The molecule has 0 aliphatic heterocycles. The van der Waals surface area contributed by atoms with E-state index in [2.05, 4.69) is 4.98 Å². The van der Waals surface area contributed by atoms with Gasteiger partial charge in [0.2, 0.25) is 0 Å². The summed E-state index contributed by atoms with van der Waals surface area (Å²) in [5.41, 5.74) is 1.60. The topological polar surface area (TPSA) is 44.1 Å². The van der Waals surface area contributed by atoms with Gasteiger partial charge in [-0.15, -0.1) is 0 Å². The van der Waals surface area contributed by atoms with Crippen molar-refractivity contribution in [2.75, 3.05) is 0 Å². The lowest BCUT2D eigenvalue weighted by atomic mass is 10.2. The molecule has 0 fully saturated rings. The van der Waals surface area contributed by atoms with Crippen LogP contribution in [-0.4, -0.2) is 15.5 Å². The molecule has 2 aromatic rings. The minimum Gasteiger partial charge on any atom is -0.459 e. The van der Waals surface area contributed by atoms with Gasteiger partial charge in [0.1, 0.15) is 12.4 Å². The Hall–Kier alpha value is -2.17. The van der Waals surface area contributed by atoms with E-state index < -0.39 is 0 Å². The van der Waals surface area contributed by atoms with E-state index in [9.17, 15) is 9.18 Å². The van der Waals surface area contributed by atoms with Crippen LogP contribution in [0.3, 0.4) is 0 Å². The molecule has 2 rings (SSSR count). The van der Waals surface area contributed by atoms with Gasteiger partial charge in [-0.2, -0.15) is 0 Å². The number of esters is 1. The number of ether oxygens (including phenoxy) is 1. The van der Waals surface area contributed by atoms with Crippen molar-refractivity contribution >= 4 is 5.97 Å². The van der Waals surface area contributed by atoms with Crippen LogP contribution in [0, 0.1) is 5.82 Å². The van der Waals surface area contributed by atoms with Crippen molar-refractivity contribution in [3.63, 3.8) is 0 Å². The van der Waals surface area contributed by atoms with E-state index in [0.29, 0.717) is 6.54 Å². The number of nitrogens with zero attached hydrogens (tertiary/aromatic N) is 2. The first-order valence-corrected chi connectivity index (χ1v) is 6.52. The lowest BCUT2D eigenvalue weighted by Crippen LogP contribution is -2.07. The van der Waals surface area contributed by atoms with Crippen LogP contribution in [-0.2, 0) is 22.7 Å². The largest absolute Gasteiger partial charge is 0.459 e. The summed E-state index contributed by atoms with van der Waals surface area (Å²) in [5, 5.41) is 0. The van der Waals surface area contributed by atoms with Crippen LogP contribution in [0.5, 0.6) is 0 Å². The minimum atomic E-state index is -0.339. The van der Waals surface area contributed by atoms with Crippen LogP contribution < -0.4 is 0 Å². The van der Waals surface area contributed by atoms with Crippen LogP contribution in [0.4, 0.5) is 4.39 Å². The molecule has 0 aliphatic rings. The maximum Gasteiger partial charge on any atom is 0.303 e. The van der Waals surface area contributed by atoms with E-state index in [1.165, 1.54) is 19.1 Å². The normalized spacial score (nSPS) is 9.60. The third kappa shape index (κ3) is 4.84. The summed E-state index contributed by atoms with van der Waals surface area (Å²) in [6.07, 6.45) is 3.26. The number of carbonyl (C=O) groups is 1. The third-order valence-electron chi connectivity index (χ3n) is 2.46. The lowest BCUT2D eigenvalue weighted by molar-refractivity contribution is -0.142. The van der Waals surface area contributed by atoms with Crippen molar-refractivity contribution in [2.45, 2.75) is 33.9 Å². The average molecular weight is 278 g/mol. The molecule has 1 aromatic heterocycles. The highest BCUT2D eigenvalue weighted by atomic mass is 19.1. The Morgan fingerprint density at radius 2 is 2.15 bits per heavy atom. The maximum atomic E-state index is 13.1. The van der Waals surface area contributed by atoms with Gasteiger partial charge in [0.05, 0.1) is 18.2 Å². The molecule has 20 heavy (non-hydrogen) atoms. The summed E-state index contributed by atoms with van der Waals surface area (Å²) >= 11 is 0. The number of hydrogen-bond acceptors (Lipinski definition) is 3. The van der Waals surface area contributed by atoms with E-state index in [-0.39, 0.29) is 18.4 Å². The van der Waals surface area contributed by atoms with Crippen molar-refractivity contribution in [3.8, 4) is 0 Å². The summed E-state index contributed by atoms with van der Waals surface area (Å²) in [6, 6.07) is 6.36. The summed E-state index contributed by atoms with van der Waals surface area (Å²) in [5.74, 6) is -0.609. The summed E-state index contributed by atoms with van der Waals surface area (Å²) in [6.45, 7) is 6.02. The molecule has 0 radical (unpaired) electrons. The molecule has 0 spiro atoms. The quantitative estimate of drug-likeness (QED) is 0.807. The van der Waals surface area contributed by atoms with Crippen molar-refractivity contribution < 1.29 is 13.9 Å². The molecule has 0 atom stereocenters. The third-order valence-corrected chi connectivity index (χ3v) is 2.46. The maximum absolute atomic E-state index is 13.1. The van der Waals surface area contributed by atoms with Crippen molar-refractivity contribution in [2.24, 2.45) is 0 Å². The fraction of sp³-hybridized carbons (Fsp3) is 0.333. The van der Waals surface area contributed by atoms with Crippen molar-refractivity contribution in [3.05, 3.63) is 53.9 Å². The molecule has 1 heterocycles. The zero-order valence-electron chi connectivity index (χ0n) is 12.0. The first-order valence-electron chi connectivity index (χ1n) is 6.52. The number of rotatable bonds is 4. The second-order valence-electron chi connectivity index (χ2n) is 3.92. The summed E-state index contributed by atoms with van der Waals surface area (Å²) < 4.78 is 19.8. The zero-order valence-corrected chi connectivity index (χ0v) is 12.0. The fourth-order valence-corrected chi connectivity index (χ4v) is 1.62. The molecule has 0 saturated heterocycles. The Kier molecular flexibility index (Phi) is 6.43. The Balaban J connectivity index is 0.000000956. The Labute approximate surface area is 118 Å². The number of imidazole rings is 1. The average Bonchev–Trinajstić information content (AvgIpc) is 2.86. The number of aromatic nitrogens is 2. The van der Waals surface area contributed by atoms with Gasteiger partial charge in [0.25, 0.3) is 0 Å². The first kappa shape index (κ1) is 15.9. The van der Waals surface area contributed by atoms with Crippen molar-refractivity contribution in [1.82, 2.24) is 9.55 Å². The summed E-state index contributed by atoms with van der Waals surface area (Å²) in [4.78, 5) is 14.7. The highest BCUT2D eigenvalue weighted by Gasteiger charge is 2.05. The van der Waals surface area contributed by atoms with E-state index in [1.54, 1.807) is 18.6 Å². The van der Waals surface area contributed by atoms with Gasteiger partial charge in [-0.1, -0.05) is 26.0 Å². The Morgan fingerprint density at radius 1 is 1.40 bits per heavy atom. The Bertz CT molecular complexity index is 552. The van der Waals surface area contributed by atoms with E-state index in [1.807, 2.05) is 24.5 Å². The fourth-order valence-electron chi connectivity index (χ4n) is 1.62. The smallest absolute Gasteiger partial charge is 0.303 e. The second-order valence-corrected chi connectivity index (χ2v) is 3.92. The van der Waals surface area contributed by atoms with Gasteiger partial charge >= 0.3 is 5.97 Å². The first-order chi connectivity index (χ1) is 9.65. The highest BCUT2D eigenvalue weighted by Crippen LogP contribution is 2.09. The molecule has 4 nitrogen and oxygen atoms in total. The zero-order chi connectivity index (χ0) is 15.0. The van der Waals surface area contributed by atoms with E-state index in [4.69, 9.17) is 4.74 Å². The van der Waals surface area contributed by atoms with Gasteiger partial charge in [-0.25, -0.2) is 9.37 Å². The molecule has 5 heteroatoms. The molecule has 0 saturated carbocycles. The minimum absolute atomic E-state index is 0.171. The van der Waals surface area contributed by atoms with Crippen LogP contribution in [0.25, 0.3) is 0 Å². The highest BCUT2D eigenvalue weighted by molar-refractivity contribution is 5.65. The van der Waals surface area contributed by atoms with Gasteiger partial charge in [-0.3, -0.25) is 4.79 Å². The molecule has 0 amide bonds. The molecular formula is C15H19FN2O2.